The van der Waals surface area contributed by atoms with Crippen molar-refractivity contribution in [3.05, 3.63) is 125 Å². The largest absolute Gasteiger partial charge is 0.457 e. The number of anilines is 1. The number of ether oxygens (including phenoxy) is 1. The highest BCUT2D eigenvalue weighted by Gasteiger charge is 2.73. The van der Waals surface area contributed by atoms with Gasteiger partial charge in [-0.25, -0.2) is 0 Å². The molecule has 44 heavy (non-hydrogen) atoms. The number of hydrogen-bond donors (Lipinski definition) is 1. The summed E-state index contributed by atoms with van der Waals surface area (Å²) in [6.07, 6.45) is 0. The lowest BCUT2D eigenvalue weighted by Gasteiger charge is -2.54. The molecule has 2 atom stereocenters. The second-order valence-electron chi connectivity index (χ2n) is 12.7. The van der Waals surface area contributed by atoms with Crippen molar-refractivity contribution in [2.75, 3.05) is 11.9 Å². The van der Waals surface area contributed by atoms with E-state index in [1.165, 1.54) is 5.56 Å². The Morgan fingerprint density at radius 3 is 1.55 bits per heavy atom. The van der Waals surface area contributed by atoms with Crippen LogP contribution in [0.2, 0.25) is 0 Å². The Balaban J connectivity index is 1.09. The molecule has 8 heteroatoms. The van der Waals surface area contributed by atoms with E-state index in [4.69, 9.17) is 27.9 Å². The number of hydrogen-bond acceptors (Lipinski definition) is 4. The predicted octanol–water partition coefficient (Wildman–Crippen LogP) is 7.31. The minimum absolute atomic E-state index is 0.0487. The van der Waals surface area contributed by atoms with Gasteiger partial charge in [-0.15, -0.1) is 23.2 Å². The predicted molar refractivity (Wildman–Crippen MR) is 170 cm³/mol. The number of likely N-dealkylation sites (tertiary alicyclic amines) is 1. The normalized spacial score (nSPS) is 24.9. The van der Waals surface area contributed by atoms with E-state index in [-0.39, 0.29) is 5.41 Å². The average molecular weight is 626 g/mol. The molecule has 1 fully saturated rings. The molecule has 4 aromatic rings. The van der Waals surface area contributed by atoms with Crippen molar-refractivity contribution in [3.8, 4) is 11.5 Å². The molecule has 4 aliphatic rings. The summed E-state index contributed by atoms with van der Waals surface area (Å²) in [5.74, 6) is -2.09. The van der Waals surface area contributed by atoms with E-state index >= 15 is 0 Å². The minimum atomic E-state index is -1.28. The number of halogens is 2. The van der Waals surface area contributed by atoms with Crippen molar-refractivity contribution in [3.63, 3.8) is 0 Å². The first-order chi connectivity index (χ1) is 20.9. The molecule has 0 saturated carbocycles. The minimum Gasteiger partial charge on any atom is -0.457 e. The van der Waals surface area contributed by atoms with Gasteiger partial charge in [0.2, 0.25) is 17.7 Å². The Hall–Kier alpha value is -4.13. The topological polar surface area (TPSA) is 75.7 Å². The van der Waals surface area contributed by atoms with Crippen LogP contribution in [0.3, 0.4) is 0 Å². The highest BCUT2D eigenvalue weighted by atomic mass is 35.5. The number of benzene rings is 4. The summed E-state index contributed by atoms with van der Waals surface area (Å²) in [7, 11) is 0. The maximum absolute atomic E-state index is 14.0. The van der Waals surface area contributed by atoms with Crippen molar-refractivity contribution in [2.24, 2.45) is 11.8 Å². The molecule has 0 radical (unpaired) electrons. The van der Waals surface area contributed by atoms with Crippen molar-refractivity contribution in [1.82, 2.24) is 4.90 Å². The van der Waals surface area contributed by atoms with Crippen molar-refractivity contribution in [1.29, 1.82) is 0 Å². The molecule has 8 rings (SSSR count). The van der Waals surface area contributed by atoms with Gasteiger partial charge in [0.15, 0.2) is 0 Å². The van der Waals surface area contributed by atoms with Crippen molar-refractivity contribution < 1.29 is 19.1 Å². The van der Waals surface area contributed by atoms with Crippen molar-refractivity contribution in [2.45, 2.75) is 35.9 Å². The fourth-order valence-electron chi connectivity index (χ4n) is 6.99. The lowest BCUT2D eigenvalue weighted by atomic mass is 9.54. The number of imide groups is 1. The van der Waals surface area contributed by atoms with Crippen LogP contribution >= 0.6 is 23.2 Å². The Labute approximate surface area is 265 Å². The Morgan fingerprint density at radius 2 is 1.14 bits per heavy atom. The SMILES string of the molecule is CC(C)(C)c1ccc(Oc2ccc(NC(=O)CN3C(=O)[C@H]4[C@H](C3=O)C3(Cl)c5ccccc5C4(Cl)c4ccccc43)cc2)cc1. The van der Waals surface area contributed by atoms with E-state index in [0.29, 0.717) is 17.2 Å². The summed E-state index contributed by atoms with van der Waals surface area (Å²) in [6, 6.07) is 29.7. The van der Waals surface area contributed by atoms with Gasteiger partial charge in [-0.3, -0.25) is 19.3 Å². The summed E-state index contributed by atoms with van der Waals surface area (Å²) in [6.45, 7) is 6.02. The molecule has 1 heterocycles. The number of carbonyl (C=O) groups excluding carboxylic acids is 3. The van der Waals surface area contributed by atoms with Crippen LogP contribution in [0.1, 0.15) is 48.6 Å². The summed E-state index contributed by atoms with van der Waals surface area (Å²) in [4.78, 5) is 39.5. The van der Waals surface area contributed by atoms with Crippen LogP contribution in [0.15, 0.2) is 97.1 Å². The zero-order chi connectivity index (χ0) is 31.0. The molecule has 0 spiro atoms. The standard InChI is InChI=1S/C36H30Cl2N2O4/c1-34(2,3)21-12-16-23(17-13-21)44-24-18-14-22(15-19-24)39-29(41)20-40-32(42)30-31(33(40)43)36(38)26-9-5-4-8-25(26)35(30,37)27-10-6-7-11-28(27)36/h4-19,30-31H,20H2,1-3H3,(H,39,41)/t30-,31-,35?,36?/m1/s1. The second-order valence-corrected chi connectivity index (χ2v) is 13.9. The van der Waals surface area contributed by atoms with E-state index in [0.717, 1.165) is 27.2 Å². The van der Waals surface area contributed by atoms with Crippen LogP contribution in [-0.2, 0) is 29.5 Å². The van der Waals surface area contributed by atoms with Gasteiger partial charge in [-0.2, -0.15) is 0 Å². The number of carbonyl (C=O) groups is 3. The van der Waals surface area contributed by atoms with E-state index in [2.05, 4.69) is 26.1 Å². The number of nitrogens with one attached hydrogen (secondary N) is 1. The lowest BCUT2D eigenvalue weighted by Crippen LogP contribution is -2.57. The molecule has 0 unspecified atom stereocenters. The average Bonchev–Trinajstić information content (AvgIpc) is 3.26. The van der Waals surface area contributed by atoms with Gasteiger partial charge in [0.05, 0.1) is 11.8 Å². The fourth-order valence-corrected chi connectivity index (χ4v) is 8.09. The molecular weight excluding hydrogens is 595 g/mol. The first-order valence-corrected chi connectivity index (χ1v) is 15.3. The van der Waals surface area contributed by atoms with E-state index in [1.54, 1.807) is 24.3 Å². The van der Waals surface area contributed by atoms with Crippen LogP contribution in [0, 0.1) is 11.8 Å². The number of rotatable bonds is 5. The van der Waals surface area contributed by atoms with Crippen molar-refractivity contribution >= 4 is 46.6 Å². The lowest BCUT2D eigenvalue weighted by molar-refractivity contribution is -0.142. The maximum atomic E-state index is 14.0. The smallest absolute Gasteiger partial charge is 0.244 e. The molecule has 3 amide bonds. The molecule has 2 bridgehead atoms. The molecule has 1 N–H and O–H groups in total. The van der Waals surface area contributed by atoms with Crippen LogP contribution < -0.4 is 10.1 Å². The monoisotopic (exact) mass is 624 g/mol. The number of amides is 3. The second kappa shape index (κ2) is 9.94. The van der Waals surface area contributed by atoms with Crippen LogP contribution in [0.25, 0.3) is 0 Å². The molecule has 3 aliphatic carbocycles. The van der Waals surface area contributed by atoms with Crippen LogP contribution in [0.4, 0.5) is 5.69 Å². The Kier molecular flexibility index (Phi) is 6.47. The van der Waals surface area contributed by atoms with Crippen LogP contribution in [-0.4, -0.2) is 29.2 Å². The third-order valence-corrected chi connectivity index (χ3v) is 10.4. The molecule has 222 valence electrons. The van der Waals surface area contributed by atoms with Gasteiger partial charge < -0.3 is 10.1 Å². The number of alkyl halides is 2. The summed E-state index contributed by atoms with van der Waals surface area (Å²) < 4.78 is 5.96. The van der Waals surface area contributed by atoms with Gasteiger partial charge >= 0.3 is 0 Å². The molecule has 1 aliphatic heterocycles. The quantitative estimate of drug-likeness (QED) is 0.187. The fraction of sp³-hybridized carbons (Fsp3) is 0.250. The Morgan fingerprint density at radius 1 is 0.727 bits per heavy atom. The zero-order valence-electron chi connectivity index (χ0n) is 24.4. The van der Waals surface area contributed by atoms with Crippen LogP contribution in [0.5, 0.6) is 11.5 Å². The summed E-state index contributed by atoms with van der Waals surface area (Å²) in [5, 5.41) is 2.79. The van der Waals surface area contributed by atoms with E-state index in [9.17, 15) is 14.4 Å². The third kappa shape index (κ3) is 4.11. The molecule has 6 nitrogen and oxygen atoms in total. The third-order valence-electron chi connectivity index (χ3n) is 9.07. The zero-order valence-corrected chi connectivity index (χ0v) is 25.9. The highest BCUT2D eigenvalue weighted by Crippen LogP contribution is 2.69. The van der Waals surface area contributed by atoms with Gasteiger partial charge in [0, 0.05) is 5.69 Å². The first-order valence-electron chi connectivity index (χ1n) is 14.6. The van der Waals surface area contributed by atoms with Gasteiger partial charge in [-0.1, -0.05) is 81.4 Å². The van der Waals surface area contributed by atoms with Gasteiger partial charge in [0.25, 0.3) is 0 Å². The molecule has 4 aromatic carbocycles. The molecular formula is C36H30Cl2N2O4. The molecule has 1 saturated heterocycles. The summed E-state index contributed by atoms with van der Waals surface area (Å²) >= 11 is 14.9. The first kappa shape index (κ1) is 28.6. The molecule has 0 aromatic heterocycles. The maximum Gasteiger partial charge on any atom is 0.244 e. The highest BCUT2D eigenvalue weighted by molar-refractivity contribution is 6.36. The number of nitrogens with zero attached hydrogens (tertiary/aromatic N) is 1. The summed E-state index contributed by atoms with van der Waals surface area (Å²) in [5.41, 5.74) is 4.64. The van der Waals surface area contributed by atoms with E-state index in [1.807, 2.05) is 72.8 Å². The Bertz CT molecular complexity index is 1710. The van der Waals surface area contributed by atoms with Gasteiger partial charge in [-0.05, 0) is 69.6 Å². The van der Waals surface area contributed by atoms with E-state index < -0.39 is 45.9 Å². The van der Waals surface area contributed by atoms with Gasteiger partial charge in [0.1, 0.15) is 27.8 Å².